The highest BCUT2D eigenvalue weighted by Gasteiger charge is 2.14. The van der Waals surface area contributed by atoms with E-state index in [4.69, 9.17) is 5.84 Å². The fourth-order valence-corrected chi connectivity index (χ4v) is 2.28. The standard InChI is InChI=1S/C11H9BrN4O2S/c12-7-3-1-6(2-4-7)8-5-19-11(14-8)15-9(17)10(18)16-13/h1-5H,13H2,(H,16,18)(H,14,15,17). The van der Waals surface area contributed by atoms with Crippen molar-refractivity contribution in [2.45, 2.75) is 0 Å². The molecule has 0 saturated carbocycles. The van der Waals surface area contributed by atoms with Crippen molar-refractivity contribution in [3.63, 3.8) is 0 Å². The summed E-state index contributed by atoms with van der Waals surface area (Å²) in [6.07, 6.45) is 0. The quantitative estimate of drug-likeness (QED) is 0.334. The van der Waals surface area contributed by atoms with Crippen LogP contribution in [0.4, 0.5) is 5.13 Å². The van der Waals surface area contributed by atoms with Gasteiger partial charge in [-0.2, -0.15) is 0 Å². The first-order valence-corrected chi connectivity index (χ1v) is 6.81. The number of benzene rings is 1. The Morgan fingerprint density at radius 2 is 1.89 bits per heavy atom. The van der Waals surface area contributed by atoms with Gasteiger partial charge in [-0.15, -0.1) is 11.3 Å². The molecule has 6 nitrogen and oxygen atoms in total. The fraction of sp³-hybridized carbons (Fsp3) is 0. The Bertz CT molecular complexity index is 611. The maximum Gasteiger partial charge on any atom is 0.323 e. The lowest BCUT2D eigenvalue weighted by molar-refractivity contribution is -0.136. The number of rotatable bonds is 2. The van der Waals surface area contributed by atoms with Crippen molar-refractivity contribution in [3.8, 4) is 11.3 Å². The van der Waals surface area contributed by atoms with Gasteiger partial charge >= 0.3 is 11.8 Å². The van der Waals surface area contributed by atoms with Crippen LogP contribution in [0.3, 0.4) is 0 Å². The summed E-state index contributed by atoms with van der Waals surface area (Å²) in [5.41, 5.74) is 3.39. The molecule has 0 bridgehead atoms. The Balaban J connectivity index is 2.13. The van der Waals surface area contributed by atoms with Gasteiger partial charge in [0.15, 0.2) is 5.13 Å². The van der Waals surface area contributed by atoms with E-state index in [9.17, 15) is 9.59 Å². The molecule has 0 unspecified atom stereocenters. The molecule has 19 heavy (non-hydrogen) atoms. The van der Waals surface area contributed by atoms with Crippen LogP contribution in [0, 0.1) is 0 Å². The maximum atomic E-state index is 11.3. The summed E-state index contributed by atoms with van der Waals surface area (Å²) in [5.74, 6) is 3.09. The zero-order valence-corrected chi connectivity index (χ0v) is 11.9. The molecule has 98 valence electrons. The van der Waals surface area contributed by atoms with Gasteiger partial charge in [0.1, 0.15) is 0 Å². The van der Waals surface area contributed by atoms with Gasteiger partial charge in [-0.05, 0) is 12.1 Å². The normalized spacial score (nSPS) is 10.0. The summed E-state index contributed by atoms with van der Waals surface area (Å²) in [6, 6.07) is 7.60. The number of nitrogens with one attached hydrogen (secondary N) is 2. The number of hydrazine groups is 1. The Morgan fingerprint density at radius 3 is 2.53 bits per heavy atom. The highest BCUT2D eigenvalue weighted by molar-refractivity contribution is 9.10. The van der Waals surface area contributed by atoms with E-state index in [0.717, 1.165) is 15.7 Å². The minimum atomic E-state index is -0.916. The van der Waals surface area contributed by atoms with Crippen LogP contribution in [-0.2, 0) is 9.59 Å². The third-order valence-electron chi connectivity index (χ3n) is 2.20. The van der Waals surface area contributed by atoms with Crippen LogP contribution in [0.5, 0.6) is 0 Å². The Morgan fingerprint density at radius 1 is 1.21 bits per heavy atom. The van der Waals surface area contributed by atoms with E-state index < -0.39 is 11.8 Å². The van der Waals surface area contributed by atoms with E-state index in [1.54, 1.807) is 10.8 Å². The van der Waals surface area contributed by atoms with Gasteiger partial charge in [-0.1, -0.05) is 28.1 Å². The van der Waals surface area contributed by atoms with Crippen molar-refractivity contribution in [3.05, 3.63) is 34.1 Å². The zero-order valence-electron chi connectivity index (χ0n) is 9.51. The second-order valence-corrected chi connectivity index (χ2v) is 5.25. The topological polar surface area (TPSA) is 97.1 Å². The Hall–Kier alpha value is -1.77. The number of anilines is 1. The van der Waals surface area contributed by atoms with Crippen LogP contribution < -0.4 is 16.6 Å². The average molecular weight is 341 g/mol. The molecule has 1 aromatic carbocycles. The largest absolute Gasteiger partial charge is 0.323 e. The van der Waals surface area contributed by atoms with Crippen LogP contribution >= 0.6 is 27.3 Å². The maximum absolute atomic E-state index is 11.3. The number of nitrogens with zero attached hydrogens (tertiary/aromatic N) is 1. The Kier molecular flexibility index (Phi) is 4.25. The summed E-state index contributed by atoms with van der Waals surface area (Å²) in [5, 5.41) is 4.49. The average Bonchev–Trinajstić information content (AvgIpc) is 2.87. The van der Waals surface area contributed by atoms with Gasteiger partial charge in [0.05, 0.1) is 5.69 Å². The number of thiazole rings is 1. The van der Waals surface area contributed by atoms with Gasteiger partial charge < -0.3 is 0 Å². The summed E-state index contributed by atoms with van der Waals surface area (Å²) in [4.78, 5) is 26.5. The van der Waals surface area contributed by atoms with Crippen molar-refractivity contribution in [1.29, 1.82) is 0 Å². The fourth-order valence-electron chi connectivity index (χ4n) is 1.30. The van der Waals surface area contributed by atoms with E-state index in [-0.39, 0.29) is 0 Å². The predicted molar refractivity (Wildman–Crippen MR) is 76.2 cm³/mol. The molecule has 0 radical (unpaired) electrons. The van der Waals surface area contributed by atoms with Gasteiger partial charge in [0.25, 0.3) is 0 Å². The summed E-state index contributed by atoms with van der Waals surface area (Å²) in [6.45, 7) is 0. The predicted octanol–water partition coefficient (Wildman–Crippen LogP) is 1.50. The number of hydrogen-bond acceptors (Lipinski definition) is 5. The smallest absolute Gasteiger partial charge is 0.294 e. The molecule has 1 heterocycles. The lowest BCUT2D eigenvalue weighted by Crippen LogP contribution is -2.39. The lowest BCUT2D eigenvalue weighted by atomic mass is 10.2. The van der Waals surface area contributed by atoms with Crippen LogP contribution in [-0.4, -0.2) is 16.8 Å². The van der Waals surface area contributed by atoms with Crippen LogP contribution in [0.2, 0.25) is 0 Å². The number of amides is 2. The second kappa shape index (κ2) is 5.91. The SMILES string of the molecule is NNC(=O)C(=O)Nc1nc(-c2ccc(Br)cc2)cs1. The minimum absolute atomic E-state index is 0.339. The second-order valence-electron chi connectivity index (χ2n) is 3.47. The van der Waals surface area contributed by atoms with E-state index >= 15 is 0 Å². The van der Waals surface area contributed by atoms with Crippen molar-refractivity contribution >= 4 is 44.2 Å². The minimum Gasteiger partial charge on any atom is -0.294 e. The molecule has 0 aliphatic carbocycles. The number of halogens is 1. The first kappa shape index (κ1) is 13.7. The third kappa shape index (κ3) is 3.37. The highest BCUT2D eigenvalue weighted by Crippen LogP contribution is 2.25. The molecule has 2 aromatic rings. The van der Waals surface area contributed by atoms with Gasteiger partial charge in [-0.25, -0.2) is 10.8 Å². The number of carbonyl (C=O) groups excluding carboxylic acids is 2. The molecule has 4 N–H and O–H groups in total. The van der Waals surface area contributed by atoms with Crippen LogP contribution in [0.1, 0.15) is 0 Å². The molecule has 0 atom stereocenters. The number of hydrogen-bond donors (Lipinski definition) is 3. The number of nitrogens with two attached hydrogens (primary N) is 1. The van der Waals surface area contributed by atoms with Crippen molar-refractivity contribution < 1.29 is 9.59 Å². The van der Waals surface area contributed by atoms with Crippen molar-refractivity contribution in [2.75, 3.05) is 5.32 Å². The number of aromatic nitrogens is 1. The van der Waals surface area contributed by atoms with E-state index in [1.165, 1.54) is 11.3 Å². The molecule has 0 aliphatic heterocycles. The van der Waals surface area contributed by atoms with E-state index in [2.05, 4.69) is 26.2 Å². The van der Waals surface area contributed by atoms with Crippen molar-refractivity contribution in [2.24, 2.45) is 5.84 Å². The molecule has 0 spiro atoms. The molecule has 2 rings (SSSR count). The molecule has 8 heteroatoms. The third-order valence-corrected chi connectivity index (χ3v) is 3.49. The Labute approximate surface area is 121 Å². The van der Waals surface area contributed by atoms with Gasteiger partial charge in [0.2, 0.25) is 0 Å². The van der Waals surface area contributed by atoms with Gasteiger partial charge in [-0.3, -0.25) is 20.3 Å². The first-order chi connectivity index (χ1) is 9.10. The monoisotopic (exact) mass is 340 g/mol. The van der Waals surface area contributed by atoms with Crippen LogP contribution in [0.15, 0.2) is 34.1 Å². The summed E-state index contributed by atoms with van der Waals surface area (Å²) < 4.78 is 0.972. The van der Waals surface area contributed by atoms with E-state index in [0.29, 0.717) is 5.13 Å². The van der Waals surface area contributed by atoms with Gasteiger partial charge in [0, 0.05) is 15.4 Å². The van der Waals surface area contributed by atoms with Crippen molar-refractivity contribution in [1.82, 2.24) is 10.4 Å². The zero-order chi connectivity index (χ0) is 13.8. The van der Waals surface area contributed by atoms with Crippen LogP contribution in [0.25, 0.3) is 11.3 Å². The number of carbonyl (C=O) groups is 2. The molecule has 2 amide bonds. The molecule has 0 aliphatic rings. The molecular formula is C11H9BrN4O2S. The lowest BCUT2D eigenvalue weighted by Gasteiger charge is -1.99. The molecular weight excluding hydrogens is 332 g/mol. The highest BCUT2D eigenvalue weighted by atomic mass is 79.9. The van der Waals surface area contributed by atoms with E-state index in [1.807, 2.05) is 24.3 Å². The molecule has 0 saturated heterocycles. The summed E-state index contributed by atoms with van der Waals surface area (Å²) >= 11 is 4.58. The first-order valence-electron chi connectivity index (χ1n) is 5.13. The molecule has 1 aromatic heterocycles. The summed E-state index contributed by atoms with van der Waals surface area (Å²) in [7, 11) is 0. The molecule has 0 fully saturated rings.